The molecule has 1 fully saturated rings. The first kappa shape index (κ1) is 12.4. The van der Waals surface area contributed by atoms with Gasteiger partial charge in [-0.1, -0.05) is 15.9 Å². The zero-order valence-corrected chi connectivity index (χ0v) is 11.3. The number of halogens is 1. The minimum Gasteiger partial charge on any atom is -0.490 e. The Labute approximate surface area is 111 Å². The zero-order valence-electron chi connectivity index (χ0n) is 9.73. The highest BCUT2D eigenvalue weighted by atomic mass is 79.9. The Hall–Kier alpha value is -1.01. The van der Waals surface area contributed by atoms with Gasteiger partial charge in [-0.3, -0.25) is 0 Å². The van der Waals surface area contributed by atoms with Crippen LogP contribution in [-0.4, -0.2) is 11.4 Å². The van der Waals surface area contributed by atoms with E-state index in [0.29, 0.717) is 11.7 Å². The third-order valence-corrected chi connectivity index (χ3v) is 4.21. The molecule has 0 saturated heterocycles. The summed E-state index contributed by atoms with van der Waals surface area (Å²) in [5.41, 5.74) is 0.681. The molecule has 3 heteroatoms. The summed E-state index contributed by atoms with van der Waals surface area (Å²) in [5.74, 6) is 1.70. The van der Waals surface area contributed by atoms with Crippen LogP contribution in [0, 0.1) is 17.2 Å². The van der Waals surface area contributed by atoms with Gasteiger partial charge in [0.25, 0.3) is 0 Å². The Morgan fingerprint density at radius 2 is 1.82 bits per heavy atom. The van der Waals surface area contributed by atoms with Gasteiger partial charge in [0.15, 0.2) is 0 Å². The van der Waals surface area contributed by atoms with E-state index in [1.165, 1.54) is 12.8 Å². The highest BCUT2D eigenvalue weighted by molar-refractivity contribution is 9.09. The van der Waals surface area contributed by atoms with Crippen molar-refractivity contribution in [1.82, 2.24) is 0 Å². The number of alkyl halides is 1. The molecule has 1 aromatic rings. The van der Waals surface area contributed by atoms with Gasteiger partial charge in [-0.25, -0.2) is 0 Å². The molecule has 0 heterocycles. The molecule has 1 aliphatic carbocycles. The lowest BCUT2D eigenvalue weighted by Crippen LogP contribution is -2.24. The summed E-state index contributed by atoms with van der Waals surface area (Å²) in [5, 5.41) is 9.82. The monoisotopic (exact) mass is 293 g/mol. The lowest BCUT2D eigenvalue weighted by molar-refractivity contribution is 0.137. The van der Waals surface area contributed by atoms with Crippen LogP contribution < -0.4 is 4.74 Å². The SMILES string of the molecule is N#Cc1ccc(OC2CCC(CBr)CC2)cc1. The van der Waals surface area contributed by atoms with Gasteiger partial charge in [0, 0.05) is 5.33 Å². The van der Waals surface area contributed by atoms with Gasteiger partial charge in [-0.2, -0.15) is 5.26 Å². The number of hydrogen-bond acceptors (Lipinski definition) is 2. The van der Waals surface area contributed by atoms with Crippen molar-refractivity contribution in [3.8, 4) is 11.8 Å². The van der Waals surface area contributed by atoms with Crippen LogP contribution in [-0.2, 0) is 0 Å². The van der Waals surface area contributed by atoms with E-state index in [1.807, 2.05) is 12.1 Å². The molecule has 0 radical (unpaired) electrons. The van der Waals surface area contributed by atoms with Crippen molar-refractivity contribution in [2.45, 2.75) is 31.8 Å². The van der Waals surface area contributed by atoms with Crippen LogP contribution in [0.5, 0.6) is 5.75 Å². The molecule has 0 amide bonds. The van der Waals surface area contributed by atoms with Crippen LogP contribution >= 0.6 is 15.9 Å². The summed E-state index contributed by atoms with van der Waals surface area (Å²) in [7, 11) is 0. The van der Waals surface area contributed by atoms with Crippen LogP contribution in [0.15, 0.2) is 24.3 Å². The molecule has 0 bridgehead atoms. The molecule has 0 aromatic heterocycles. The van der Waals surface area contributed by atoms with Gasteiger partial charge in [-0.15, -0.1) is 0 Å². The molecule has 0 aliphatic heterocycles. The van der Waals surface area contributed by atoms with Crippen molar-refractivity contribution in [1.29, 1.82) is 5.26 Å². The second kappa shape index (κ2) is 6.07. The van der Waals surface area contributed by atoms with E-state index in [0.717, 1.165) is 29.8 Å². The number of nitriles is 1. The maximum Gasteiger partial charge on any atom is 0.119 e. The fourth-order valence-electron chi connectivity index (χ4n) is 2.20. The Morgan fingerprint density at radius 1 is 1.18 bits per heavy atom. The highest BCUT2D eigenvalue weighted by Gasteiger charge is 2.21. The summed E-state index contributed by atoms with van der Waals surface area (Å²) >= 11 is 3.54. The summed E-state index contributed by atoms with van der Waals surface area (Å²) in [6.45, 7) is 0. The fraction of sp³-hybridized carbons (Fsp3) is 0.500. The van der Waals surface area contributed by atoms with Crippen LogP contribution in [0.3, 0.4) is 0 Å². The van der Waals surface area contributed by atoms with Gasteiger partial charge < -0.3 is 4.74 Å². The second-order valence-corrected chi connectivity index (χ2v) is 5.20. The minimum atomic E-state index is 0.346. The van der Waals surface area contributed by atoms with Gasteiger partial charge in [-0.05, 0) is 55.9 Å². The number of rotatable bonds is 3. The Morgan fingerprint density at radius 3 is 2.35 bits per heavy atom. The highest BCUT2D eigenvalue weighted by Crippen LogP contribution is 2.28. The number of benzene rings is 1. The first-order chi connectivity index (χ1) is 8.31. The Bertz CT molecular complexity index is 388. The van der Waals surface area contributed by atoms with Crippen molar-refractivity contribution < 1.29 is 4.74 Å². The normalized spacial score (nSPS) is 24.0. The summed E-state index contributed by atoms with van der Waals surface area (Å²) in [6, 6.07) is 9.49. The molecule has 0 atom stereocenters. The maximum absolute atomic E-state index is 8.71. The average molecular weight is 294 g/mol. The zero-order chi connectivity index (χ0) is 12.1. The molecule has 17 heavy (non-hydrogen) atoms. The summed E-state index contributed by atoms with van der Waals surface area (Å²) in [6.07, 6.45) is 5.10. The van der Waals surface area contributed by atoms with Gasteiger partial charge >= 0.3 is 0 Å². The first-order valence-electron chi connectivity index (χ1n) is 6.04. The van der Waals surface area contributed by atoms with Crippen LogP contribution in [0.25, 0.3) is 0 Å². The van der Waals surface area contributed by atoms with Crippen molar-refractivity contribution in [2.75, 3.05) is 5.33 Å². The first-order valence-corrected chi connectivity index (χ1v) is 7.16. The van der Waals surface area contributed by atoms with E-state index in [9.17, 15) is 0 Å². The smallest absolute Gasteiger partial charge is 0.119 e. The lowest BCUT2D eigenvalue weighted by atomic mass is 9.89. The lowest BCUT2D eigenvalue weighted by Gasteiger charge is -2.27. The molecule has 2 nitrogen and oxygen atoms in total. The molecule has 0 spiro atoms. The molecule has 1 aromatic carbocycles. The molecular formula is C14H16BrNO. The molecular weight excluding hydrogens is 278 g/mol. The molecule has 90 valence electrons. The molecule has 2 rings (SSSR count). The molecule has 1 saturated carbocycles. The van der Waals surface area contributed by atoms with Crippen LogP contribution in [0.4, 0.5) is 0 Å². The molecule has 0 unspecified atom stereocenters. The van der Waals surface area contributed by atoms with Crippen molar-refractivity contribution in [3.63, 3.8) is 0 Å². The molecule has 0 N–H and O–H groups in total. The predicted molar refractivity (Wildman–Crippen MR) is 71.3 cm³/mol. The fourth-order valence-corrected chi connectivity index (χ4v) is 2.85. The topological polar surface area (TPSA) is 33.0 Å². The predicted octanol–water partition coefficient (Wildman–Crippen LogP) is 3.89. The van der Waals surface area contributed by atoms with Gasteiger partial charge in [0.1, 0.15) is 5.75 Å². The van der Waals surface area contributed by atoms with E-state index in [1.54, 1.807) is 12.1 Å². The summed E-state index contributed by atoms with van der Waals surface area (Å²) in [4.78, 5) is 0. The molecule has 1 aliphatic rings. The van der Waals surface area contributed by atoms with E-state index < -0.39 is 0 Å². The standard InChI is InChI=1S/C14H16BrNO/c15-9-11-1-5-13(6-2-11)17-14-7-3-12(10-16)4-8-14/h3-4,7-8,11,13H,1-2,5-6,9H2. The number of ether oxygens (including phenoxy) is 1. The van der Waals surface area contributed by atoms with Crippen molar-refractivity contribution in [3.05, 3.63) is 29.8 Å². The quantitative estimate of drug-likeness (QED) is 0.792. The number of hydrogen-bond donors (Lipinski definition) is 0. The largest absolute Gasteiger partial charge is 0.490 e. The van der Waals surface area contributed by atoms with Crippen LogP contribution in [0.2, 0.25) is 0 Å². The van der Waals surface area contributed by atoms with E-state index in [-0.39, 0.29) is 0 Å². The second-order valence-electron chi connectivity index (χ2n) is 4.55. The van der Waals surface area contributed by atoms with Crippen molar-refractivity contribution >= 4 is 15.9 Å². The Kier molecular flexibility index (Phi) is 4.44. The minimum absolute atomic E-state index is 0.346. The van der Waals surface area contributed by atoms with E-state index in [4.69, 9.17) is 10.00 Å². The van der Waals surface area contributed by atoms with E-state index in [2.05, 4.69) is 22.0 Å². The maximum atomic E-state index is 8.71. The van der Waals surface area contributed by atoms with Crippen LogP contribution in [0.1, 0.15) is 31.2 Å². The Balaban J connectivity index is 1.87. The van der Waals surface area contributed by atoms with Gasteiger partial charge in [0.05, 0.1) is 17.7 Å². The van der Waals surface area contributed by atoms with E-state index >= 15 is 0 Å². The number of nitrogens with zero attached hydrogens (tertiary/aromatic N) is 1. The van der Waals surface area contributed by atoms with Crippen molar-refractivity contribution in [2.24, 2.45) is 5.92 Å². The average Bonchev–Trinajstić information content (AvgIpc) is 2.40. The third-order valence-electron chi connectivity index (χ3n) is 3.30. The summed E-state index contributed by atoms with van der Waals surface area (Å²) < 4.78 is 5.92. The third kappa shape index (κ3) is 3.47. The van der Waals surface area contributed by atoms with Gasteiger partial charge in [0.2, 0.25) is 0 Å².